The van der Waals surface area contributed by atoms with Gasteiger partial charge in [0.25, 0.3) is 0 Å². The number of fused-ring (bicyclic) bond motifs is 1. The molecule has 4 aromatic rings. The first-order valence-corrected chi connectivity index (χ1v) is 12.2. The van der Waals surface area contributed by atoms with Gasteiger partial charge in [0.2, 0.25) is 0 Å². The Kier molecular flexibility index (Phi) is 5.97. The van der Waals surface area contributed by atoms with Crippen molar-refractivity contribution in [3.63, 3.8) is 0 Å². The van der Waals surface area contributed by atoms with E-state index in [1.165, 1.54) is 25.9 Å². The van der Waals surface area contributed by atoms with E-state index in [0.29, 0.717) is 11.6 Å². The van der Waals surface area contributed by atoms with Crippen LogP contribution in [0.2, 0.25) is 5.02 Å². The number of halogens is 1. The molecule has 1 fully saturated rings. The maximum atomic E-state index is 13.4. The molecule has 1 aromatic heterocycles. The van der Waals surface area contributed by atoms with Crippen LogP contribution in [-0.2, 0) is 0 Å². The Morgan fingerprint density at radius 2 is 1.55 bits per heavy atom. The molecule has 1 aliphatic heterocycles. The van der Waals surface area contributed by atoms with Gasteiger partial charge in [-0.05, 0) is 90.8 Å². The Labute approximate surface area is 190 Å². The van der Waals surface area contributed by atoms with Crippen LogP contribution in [0.15, 0.2) is 72.8 Å². The fourth-order valence-corrected chi connectivity index (χ4v) is 6.00. The molecule has 0 saturated carbocycles. The summed E-state index contributed by atoms with van der Waals surface area (Å²) < 4.78 is 20.2. The summed E-state index contributed by atoms with van der Waals surface area (Å²) in [5.41, 5.74) is 2.98. The molecular weight excluding hydrogens is 426 g/mol. The third kappa shape index (κ3) is 4.21. The van der Waals surface area contributed by atoms with Gasteiger partial charge in [0.1, 0.15) is 12.4 Å². The zero-order valence-corrected chi connectivity index (χ0v) is 18.8. The number of ether oxygens (including phenoxy) is 1. The molecule has 1 aliphatic rings. The fourth-order valence-electron chi connectivity index (χ4n) is 4.32. The van der Waals surface area contributed by atoms with Crippen molar-refractivity contribution in [1.29, 1.82) is 0 Å². The lowest BCUT2D eigenvalue weighted by atomic mass is 9.99. The SMILES string of the molecule is [O-][s+]1c(-c2ccc(Cl)cc2)c(-c2ccc(OCCN3CCCC3)cc2)c2ccccc21. The molecule has 2 heterocycles. The van der Waals surface area contributed by atoms with E-state index in [-0.39, 0.29) is 0 Å². The first-order chi connectivity index (χ1) is 15.2. The number of thiophene rings is 1. The number of hydrogen-bond donors (Lipinski definition) is 0. The largest absolute Gasteiger partial charge is 0.590 e. The summed E-state index contributed by atoms with van der Waals surface area (Å²) in [6.45, 7) is 4.03. The highest BCUT2D eigenvalue weighted by Crippen LogP contribution is 2.49. The lowest BCUT2D eigenvalue weighted by molar-refractivity contribution is 0.238. The molecule has 5 rings (SSSR count). The molecule has 1 saturated heterocycles. The highest BCUT2D eigenvalue weighted by molar-refractivity contribution is 7.35. The Morgan fingerprint density at radius 3 is 2.29 bits per heavy atom. The predicted octanol–water partition coefficient (Wildman–Crippen LogP) is 7.03. The van der Waals surface area contributed by atoms with Crippen LogP contribution in [0, 0.1) is 0 Å². The van der Waals surface area contributed by atoms with Crippen molar-refractivity contribution in [3.8, 4) is 27.3 Å². The molecule has 0 amide bonds. The molecule has 3 aromatic carbocycles. The van der Waals surface area contributed by atoms with Crippen LogP contribution in [0.1, 0.15) is 12.8 Å². The minimum atomic E-state index is -1.24. The van der Waals surface area contributed by atoms with Crippen molar-refractivity contribution < 1.29 is 9.29 Å². The monoisotopic (exact) mass is 449 g/mol. The molecule has 5 heteroatoms. The standard InChI is InChI=1S/C26H24ClNO2S/c27-21-11-7-20(8-12-21)26-25(23-5-1-2-6-24(23)31(26)29)19-9-13-22(14-10-19)30-18-17-28-15-3-4-16-28/h1-2,5-14H,3-4,15-18H2. The second-order valence-corrected chi connectivity index (χ2v) is 9.72. The minimum Gasteiger partial charge on any atom is -0.590 e. The van der Waals surface area contributed by atoms with Gasteiger partial charge in [-0.2, -0.15) is 0 Å². The van der Waals surface area contributed by atoms with E-state index in [9.17, 15) is 4.55 Å². The number of likely N-dealkylation sites (tertiary alicyclic amines) is 1. The Balaban J connectivity index is 1.47. The smallest absolute Gasteiger partial charge is 0.188 e. The molecule has 0 radical (unpaired) electrons. The van der Waals surface area contributed by atoms with Crippen LogP contribution in [0.5, 0.6) is 5.75 Å². The highest BCUT2D eigenvalue weighted by Gasteiger charge is 2.25. The third-order valence-electron chi connectivity index (χ3n) is 5.89. The van der Waals surface area contributed by atoms with E-state index < -0.39 is 10.8 Å². The van der Waals surface area contributed by atoms with Crippen molar-refractivity contribution >= 4 is 32.4 Å². The van der Waals surface area contributed by atoms with Gasteiger partial charge in [0, 0.05) is 22.5 Å². The topological polar surface area (TPSA) is 35.5 Å². The highest BCUT2D eigenvalue weighted by atomic mass is 35.5. The van der Waals surface area contributed by atoms with E-state index in [1.807, 2.05) is 60.7 Å². The average molecular weight is 450 g/mol. The molecule has 3 nitrogen and oxygen atoms in total. The molecule has 31 heavy (non-hydrogen) atoms. The Hall–Kier alpha value is -2.37. The van der Waals surface area contributed by atoms with Gasteiger partial charge in [-0.3, -0.25) is 4.90 Å². The zero-order valence-electron chi connectivity index (χ0n) is 17.2. The van der Waals surface area contributed by atoms with Crippen molar-refractivity contribution in [2.24, 2.45) is 0 Å². The van der Waals surface area contributed by atoms with E-state index >= 15 is 0 Å². The molecule has 0 N–H and O–H groups in total. The van der Waals surface area contributed by atoms with Gasteiger partial charge in [0.05, 0.1) is 5.56 Å². The van der Waals surface area contributed by atoms with Crippen LogP contribution in [0.25, 0.3) is 31.7 Å². The second kappa shape index (κ2) is 9.01. The van der Waals surface area contributed by atoms with E-state index in [0.717, 1.165) is 43.9 Å². The maximum Gasteiger partial charge on any atom is 0.188 e. The molecule has 1 unspecified atom stereocenters. The van der Waals surface area contributed by atoms with Gasteiger partial charge in [-0.1, -0.05) is 35.9 Å². The van der Waals surface area contributed by atoms with Crippen molar-refractivity contribution in [2.45, 2.75) is 12.8 Å². The van der Waals surface area contributed by atoms with Crippen molar-refractivity contribution in [1.82, 2.24) is 4.90 Å². The van der Waals surface area contributed by atoms with Crippen LogP contribution in [-0.4, -0.2) is 35.7 Å². The van der Waals surface area contributed by atoms with Crippen LogP contribution in [0.3, 0.4) is 0 Å². The second-order valence-electron chi connectivity index (χ2n) is 7.90. The summed E-state index contributed by atoms with van der Waals surface area (Å²) >= 11 is 6.09. The molecule has 1 atom stereocenters. The molecule has 0 aliphatic carbocycles. The normalized spacial score (nSPS) is 15.0. The summed E-state index contributed by atoms with van der Waals surface area (Å²) in [5.74, 6) is 0.865. The minimum absolute atomic E-state index is 0.669. The summed E-state index contributed by atoms with van der Waals surface area (Å²) in [5, 5.41) is 1.69. The van der Waals surface area contributed by atoms with Crippen molar-refractivity contribution in [3.05, 3.63) is 77.8 Å². The number of hydrogen-bond acceptors (Lipinski definition) is 3. The van der Waals surface area contributed by atoms with E-state index in [2.05, 4.69) is 17.0 Å². The number of rotatable bonds is 6. The summed E-state index contributed by atoms with van der Waals surface area (Å²) in [6, 6.07) is 23.7. The molecule has 0 spiro atoms. The van der Waals surface area contributed by atoms with Gasteiger partial charge < -0.3 is 9.29 Å². The zero-order chi connectivity index (χ0) is 21.2. The lowest BCUT2D eigenvalue weighted by Gasteiger charge is -2.15. The average Bonchev–Trinajstić information content (AvgIpc) is 3.42. The Bertz CT molecular complexity index is 1180. The quantitative estimate of drug-likeness (QED) is 0.296. The van der Waals surface area contributed by atoms with Gasteiger partial charge in [0.15, 0.2) is 9.58 Å². The number of benzene rings is 3. The van der Waals surface area contributed by atoms with Crippen LogP contribution in [0.4, 0.5) is 0 Å². The molecule has 0 bridgehead atoms. The summed E-state index contributed by atoms with van der Waals surface area (Å²) in [4.78, 5) is 3.28. The fraction of sp³-hybridized carbons (Fsp3) is 0.231. The van der Waals surface area contributed by atoms with E-state index in [1.54, 1.807) is 0 Å². The Morgan fingerprint density at radius 1 is 0.871 bits per heavy atom. The third-order valence-corrected chi connectivity index (χ3v) is 7.71. The first kappa shape index (κ1) is 20.5. The molecule has 158 valence electrons. The maximum absolute atomic E-state index is 13.4. The summed E-state index contributed by atoms with van der Waals surface area (Å²) in [7, 11) is -1.24. The predicted molar refractivity (Wildman–Crippen MR) is 130 cm³/mol. The number of nitrogens with zero attached hydrogens (tertiary/aromatic N) is 1. The van der Waals surface area contributed by atoms with Crippen molar-refractivity contribution in [2.75, 3.05) is 26.2 Å². The lowest BCUT2D eigenvalue weighted by Crippen LogP contribution is -2.25. The van der Waals surface area contributed by atoms with Crippen LogP contribution < -0.4 is 4.74 Å². The summed E-state index contributed by atoms with van der Waals surface area (Å²) in [6.07, 6.45) is 2.59. The van der Waals surface area contributed by atoms with Gasteiger partial charge in [-0.25, -0.2) is 0 Å². The molecular formula is C26H24ClNO2S. The van der Waals surface area contributed by atoms with Gasteiger partial charge >= 0.3 is 0 Å². The van der Waals surface area contributed by atoms with Crippen LogP contribution >= 0.6 is 22.4 Å². The van der Waals surface area contributed by atoms with Gasteiger partial charge in [-0.15, -0.1) is 0 Å². The first-order valence-electron chi connectivity index (χ1n) is 10.7. The van der Waals surface area contributed by atoms with E-state index in [4.69, 9.17) is 16.3 Å².